The number of imidazole rings is 1. The van der Waals surface area contributed by atoms with Crippen LogP contribution in [0.3, 0.4) is 0 Å². The lowest BCUT2D eigenvalue weighted by atomic mass is 9.94. The Kier molecular flexibility index (Phi) is 5.98. The fraction of sp³-hybridized carbons (Fsp3) is 0.500. The summed E-state index contributed by atoms with van der Waals surface area (Å²) in [4.78, 5) is 6.86. The van der Waals surface area contributed by atoms with Gasteiger partial charge in [0.1, 0.15) is 4.90 Å². The molecule has 0 bridgehead atoms. The van der Waals surface area contributed by atoms with E-state index in [-0.39, 0.29) is 27.5 Å². The number of halogens is 1. The summed E-state index contributed by atoms with van der Waals surface area (Å²) in [5, 5.41) is 9.87. The highest BCUT2D eigenvalue weighted by atomic mass is 35.5. The quantitative estimate of drug-likeness (QED) is 0.554. The van der Waals surface area contributed by atoms with Gasteiger partial charge in [-0.15, -0.1) is 11.3 Å². The normalized spacial score (nSPS) is 20.5. The van der Waals surface area contributed by atoms with Crippen molar-refractivity contribution in [2.45, 2.75) is 75.8 Å². The van der Waals surface area contributed by atoms with Crippen molar-refractivity contribution in [1.82, 2.24) is 14.1 Å². The van der Waals surface area contributed by atoms with E-state index in [1.165, 1.54) is 4.88 Å². The molecule has 31 heavy (non-hydrogen) atoms. The first-order chi connectivity index (χ1) is 14.5. The monoisotopic (exact) mass is 481 g/mol. The SMILES string of the molecule is Cc1nc2sc(C(C)(C)C)cn2c1-c1ccc(Cl)c(S(=O)(=O)N[C@H]2CC[C@@H](O)CC2)c1. The second kappa shape index (κ2) is 8.15. The first-order valence-corrected chi connectivity index (χ1v) is 13.1. The minimum atomic E-state index is -3.80. The molecule has 1 fully saturated rings. The van der Waals surface area contributed by atoms with E-state index in [1.54, 1.807) is 23.5 Å². The van der Waals surface area contributed by atoms with Crippen molar-refractivity contribution in [2.75, 3.05) is 0 Å². The molecule has 6 nitrogen and oxygen atoms in total. The number of benzene rings is 1. The third-order valence-electron chi connectivity index (χ3n) is 5.75. The van der Waals surface area contributed by atoms with Crippen molar-refractivity contribution in [3.05, 3.63) is 40.0 Å². The van der Waals surface area contributed by atoms with E-state index in [0.29, 0.717) is 25.7 Å². The van der Waals surface area contributed by atoms with Crippen LogP contribution in [0.25, 0.3) is 16.2 Å². The van der Waals surface area contributed by atoms with Gasteiger partial charge in [-0.1, -0.05) is 38.4 Å². The van der Waals surface area contributed by atoms with Crippen LogP contribution in [0.5, 0.6) is 0 Å². The molecule has 2 N–H and O–H groups in total. The zero-order valence-electron chi connectivity index (χ0n) is 18.1. The Morgan fingerprint density at radius 2 is 1.90 bits per heavy atom. The molecule has 0 amide bonds. The van der Waals surface area contributed by atoms with Crippen LogP contribution >= 0.6 is 22.9 Å². The molecule has 1 aliphatic rings. The first kappa shape index (κ1) is 22.7. The van der Waals surface area contributed by atoms with Crippen molar-refractivity contribution < 1.29 is 13.5 Å². The number of nitrogens with zero attached hydrogens (tertiary/aromatic N) is 2. The smallest absolute Gasteiger partial charge is 0.242 e. The van der Waals surface area contributed by atoms with Crippen molar-refractivity contribution in [1.29, 1.82) is 0 Å². The maximum Gasteiger partial charge on any atom is 0.242 e. The van der Waals surface area contributed by atoms with E-state index in [2.05, 4.69) is 31.7 Å². The van der Waals surface area contributed by atoms with Crippen molar-refractivity contribution in [2.24, 2.45) is 0 Å². The fourth-order valence-corrected chi connectivity index (χ4v) is 6.90. The average molecular weight is 482 g/mol. The van der Waals surface area contributed by atoms with Crippen LogP contribution in [0.1, 0.15) is 57.0 Å². The number of thiazole rings is 1. The molecule has 0 atom stereocenters. The molecule has 0 aliphatic heterocycles. The van der Waals surface area contributed by atoms with Gasteiger partial charge >= 0.3 is 0 Å². The minimum Gasteiger partial charge on any atom is -0.393 e. The van der Waals surface area contributed by atoms with Gasteiger partial charge in [0, 0.05) is 22.7 Å². The Balaban J connectivity index is 1.73. The molecule has 1 aromatic carbocycles. The molecule has 2 heterocycles. The molecule has 4 rings (SSSR count). The highest BCUT2D eigenvalue weighted by Crippen LogP contribution is 2.36. The van der Waals surface area contributed by atoms with Crippen molar-refractivity contribution in [3.63, 3.8) is 0 Å². The maximum absolute atomic E-state index is 13.1. The Morgan fingerprint density at radius 1 is 1.23 bits per heavy atom. The first-order valence-electron chi connectivity index (χ1n) is 10.4. The predicted octanol–water partition coefficient (Wildman–Crippen LogP) is 4.90. The molecule has 1 aliphatic carbocycles. The number of rotatable bonds is 4. The highest BCUT2D eigenvalue weighted by molar-refractivity contribution is 7.89. The maximum atomic E-state index is 13.1. The topological polar surface area (TPSA) is 83.7 Å². The zero-order valence-corrected chi connectivity index (χ0v) is 20.5. The van der Waals surface area contributed by atoms with Gasteiger partial charge in [-0.05, 0) is 50.2 Å². The highest BCUT2D eigenvalue weighted by Gasteiger charge is 2.27. The summed E-state index contributed by atoms with van der Waals surface area (Å²) < 4.78 is 31.1. The number of sulfonamides is 1. The van der Waals surface area contributed by atoms with Gasteiger partial charge < -0.3 is 5.11 Å². The number of nitrogens with one attached hydrogen (secondary N) is 1. The standard InChI is InChI=1S/C22H28ClN3O3S2/c1-13-20(26-12-19(22(2,3)4)30-21(26)24-13)14-5-10-17(23)18(11-14)31(28,29)25-15-6-8-16(27)9-7-15/h5,10-12,15-16,25,27H,6-9H2,1-4H3/t15-,16+. The van der Waals surface area contributed by atoms with Gasteiger partial charge in [-0.3, -0.25) is 4.40 Å². The number of aromatic nitrogens is 2. The molecule has 2 aromatic heterocycles. The molecule has 9 heteroatoms. The van der Waals surface area contributed by atoms with E-state index < -0.39 is 10.0 Å². The van der Waals surface area contributed by atoms with Crippen LogP contribution in [0.4, 0.5) is 0 Å². The van der Waals surface area contributed by atoms with Gasteiger partial charge in [0.2, 0.25) is 10.0 Å². The van der Waals surface area contributed by atoms with E-state index in [4.69, 9.17) is 16.6 Å². The lowest BCUT2D eigenvalue weighted by Gasteiger charge is -2.26. The minimum absolute atomic E-state index is 0.00251. The molecular formula is C22H28ClN3O3S2. The van der Waals surface area contributed by atoms with Gasteiger partial charge in [0.25, 0.3) is 0 Å². The molecule has 0 saturated heterocycles. The Bertz CT molecular complexity index is 1220. The number of aryl methyl sites for hydroxylation is 1. The van der Waals surface area contributed by atoms with Crippen LogP contribution in [0.15, 0.2) is 29.3 Å². The summed E-state index contributed by atoms with van der Waals surface area (Å²) in [6.45, 7) is 8.41. The Labute approximate surface area is 192 Å². The number of hydrogen-bond donors (Lipinski definition) is 2. The summed E-state index contributed by atoms with van der Waals surface area (Å²) in [6.07, 6.45) is 4.17. The Morgan fingerprint density at radius 3 is 2.55 bits per heavy atom. The van der Waals surface area contributed by atoms with Gasteiger partial charge in [0.05, 0.1) is 22.5 Å². The van der Waals surface area contributed by atoms with E-state index in [1.807, 2.05) is 17.4 Å². The second-order valence-corrected chi connectivity index (χ2v) is 12.4. The summed E-state index contributed by atoms with van der Waals surface area (Å²) >= 11 is 7.97. The largest absolute Gasteiger partial charge is 0.393 e. The predicted molar refractivity (Wildman–Crippen MR) is 126 cm³/mol. The average Bonchev–Trinajstić information content (AvgIpc) is 3.21. The van der Waals surface area contributed by atoms with Gasteiger partial charge in [0.15, 0.2) is 4.96 Å². The molecular weight excluding hydrogens is 454 g/mol. The molecule has 0 unspecified atom stereocenters. The summed E-state index contributed by atoms with van der Waals surface area (Å²) in [5.41, 5.74) is 2.47. The van der Waals surface area contributed by atoms with Crippen LogP contribution in [0, 0.1) is 6.92 Å². The van der Waals surface area contributed by atoms with E-state index >= 15 is 0 Å². The number of fused-ring (bicyclic) bond motifs is 1. The van der Waals surface area contributed by atoms with Gasteiger partial charge in [-0.2, -0.15) is 0 Å². The lowest BCUT2D eigenvalue weighted by Crippen LogP contribution is -2.38. The third-order valence-corrected chi connectivity index (χ3v) is 9.16. The van der Waals surface area contributed by atoms with E-state index in [0.717, 1.165) is 21.9 Å². The van der Waals surface area contributed by atoms with E-state index in [9.17, 15) is 13.5 Å². The van der Waals surface area contributed by atoms with Crippen LogP contribution in [0.2, 0.25) is 5.02 Å². The molecule has 3 aromatic rings. The van der Waals surface area contributed by atoms with Crippen molar-refractivity contribution in [3.8, 4) is 11.3 Å². The van der Waals surface area contributed by atoms with Crippen LogP contribution < -0.4 is 4.72 Å². The number of aliphatic hydroxyl groups excluding tert-OH is 1. The van der Waals surface area contributed by atoms with Crippen molar-refractivity contribution >= 4 is 37.9 Å². The fourth-order valence-electron chi connectivity index (χ4n) is 3.98. The second-order valence-electron chi connectivity index (χ2n) is 9.32. The van der Waals surface area contributed by atoms with Crippen LogP contribution in [-0.2, 0) is 15.4 Å². The molecule has 168 valence electrons. The summed E-state index contributed by atoms with van der Waals surface area (Å²) in [6, 6.07) is 4.91. The summed E-state index contributed by atoms with van der Waals surface area (Å²) in [5.74, 6) is 0. The third kappa shape index (κ3) is 4.54. The summed E-state index contributed by atoms with van der Waals surface area (Å²) in [7, 11) is -3.80. The zero-order chi connectivity index (χ0) is 22.6. The number of hydrogen-bond acceptors (Lipinski definition) is 5. The number of aliphatic hydroxyl groups is 1. The van der Waals surface area contributed by atoms with Crippen LogP contribution in [-0.4, -0.2) is 35.1 Å². The Hall–Kier alpha value is -1.45. The molecule has 0 radical (unpaired) electrons. The lowest BCUT2D eigenvalue weighted by molar-refractivity contribution is 0.120. The van der Waals surface area contributed by atoms with Gasteiger partial charge in [-0.25, -0.2) is 18.1 Å². The molecule has 0 spiro atoms. The molecule has 1 saturated carbocycles.